The molecule has 0 spiro atoms. The van der Waals surface area contributed by atoms with Crippen molar-refractivity contribution in [2.24, 2.45) is 0 Å². The first-order chi connectivity index (χ1) is 39.6. The molecule has 0 amide bonds. The Kier molecular flexibility index (Phi) is 10.2. The van der Waals surface area contributed by atoms with Crippen LogP contribution in [0.5, 0.6) is 0 Å². The fraction of sp³-hybridized carbons (Fsp3) is 0. The lowest BCUT2D eigenvalue weighted by molar-refractivity contribution is 1.63. The van der Waals surface area contributed by atoms with E-state index in [1.165, 1.54) is 172 Å². The van der Waals surface area contributed by atoms with Gasteiger partial charge in [0.2, 0.25) is 0 Å². The van der Waals surface area contributed by atoms with Gasteiger partial charge in [-0.2, -0.15) is 0 Å². The third-order valence-electron chi connectivity index (χ3n) is 17.0. The summed E-state index contributed by atoms with van der Waals surface area (Å²) in [6.45, 7) is 0. The van der Waals surface area contributed by atoms with Gasteiger partial charge >= 0.3 is 0 Å². The molecule has 0 bridgehead atoms. The first kappa shape index (κ1) is 45.3. The zero-order valence-corrected chi connectivity index (χ0v) is 45.0. The lowest BCUT2D eigenvalue weighted by Crippen LogP contribution is -1.91. The molecule has 15 aromatic carbocycles. The minimum atomic E-state index is 1.21. The SMILES string of the molecule is c1ccc(-c2c3ccccc3c(-c3cccc(-c4ccc5sc6cc7ccc(-c8ccc(-c9c%10ccccc%10c(-c%10ccc%11c(c%10)sc%10c%12ccccc%12ccc%11%10)c%10ccccc9%10)cc8)cc7cc6c5c4)c3)c3ccccc23)cc1. The molecule has 0 aliphatic heterocycles. The van der Waals surface area contributed by atoms with Crippen LogP contribution in [-0.2, 0) is 0 Å². The van der Waals surface area contributed by atoms with Crippen LogP contribution in [0.4, 0.5) is 0 Å². The Morgan fingerprint density at radius 3 is 1.24 bits per heavy atom. The summed E-state index contributed by atoms with van der Waals surface area (Å²) in [7, 11) is 0. The Bertz CT molecular complexity index is 5290. The van der Waals surface area contributed by atoms with Crippen LogP contribution in [0.2, 0.25) is 0 Å². The maximum Gasteiger partial charge on any atom is 0.0433 e. The van der Waals surface area contributed by atoms with E-state index >= 15 is 0 Å². The molecule has 370 valence electrons. The molecule has 0 aliphatic rings. The minimum Gasteiger partial charge on any atom is -0.135 e. The summed E-state index contributed by atoms with van der Waals surface area (Å²) in [6.07, 6.45) is 0. The summed E-state index contributed by atoms with van der Waals surface area (Å²) in [5, 5.41) is 20.5. The summed E-state index contributed by atoms with van der Waals surface area (Å²) in [5.41, 5.74) is 14.9. The van der Waals surface area contributed by atoms with Crippen LogP contribution >= 0.6 is 22.7 Å². The third-order valence-corrected chi connectivity index (χ3v) is 19.3. The molecule has 2 aromatic heterocycles. The van der Waals surface area contributed by atoms with Gasteiger partial charge < -0.3 is 0 Å². The van der Waals surface area contributed by atoms with Gasteiger partial charge in [-0.15, -0.1) is 22.7 Å². The van der Waals surface area contributed by atoms with Gasteiger partial charge in [0.1, 0.15) is 0 Å². The predicted molar refractivity (Wildman–Crippen MR) is 350 cm³/mol. The van der Waals surface area contributed by atoms with Crippen molar-refractivity contribution >= 4 is 128 Å². The van der Waals surface area contributed by atoms with E-state index in [1.807, 2.05) is 22.7 Å². The molecule has 2 heteroatoms. The van der Waals surface area contributed by atoms with Gasteiger partial charge in [0, 0.05) is 40.3 Å². The Labute approximate surface area is 470 Å². The van der Waals surface area contributed by atoms with Crippen LogP contribution in [0.3, 0.4) is 0 Å². The molecular weight excluding hydrogens is 1000 g/mol. The second-order valence-electron chi connectivity index (χ2n) is 21.4. The van der Waals surface area contributed by atoms with Crippen molar-refractivity contribution in [2.75, 3.05) is 0 Å². The van der Waals surface area contributed by atoms with E-state index in [4.69, 9.17) is 0 Å². The standard InChI is InChI=1S/C78H46S2/c1-2-16-49(17-3-1)74-60-21-6-10-25-64(60)76(65-26-11-7-22-61(65)74)55-19-14-18-51(41-55)53-37-40-71-69(43-53)70-44-57-42-52(33-34-54(57)45-73(70)79-71)47-29-31-50(32-30-47)75-62-23-8-12-27-66(62)77(67-28-13-9-24-63(67)75)56-36-38-59-68-39-35-48-15-4-5-20-58(48)78(68)80-72(59)46-56/h1-46H. The molecule has 80 heavy (non-hydrogen) atoms. The molecule has 0 nitrogen and oxygen atoms in total. The Morgan fingerprint density at radius 1 is 0.163 bits per heavy atom. The van der Waals surface area contributed by atoms with Gasteiger partial charge in [-0.1, -0.05) is 237 Å². The van der Waals surface area contributed by atoms with Gasteiger partial charge in [-0.25, -0.2) is 0 Å². The van der Waals surface area contributed by atoms with Gasteiger partial charge in [0.25, 0.3) is 0 Å². The summed E-state index contributed by atoms with van der Waals surface area (Å²) >= 11 is 3.80. The topological polar surface area (TPSA) is 0 Å². The third kappa shape index (κ3) is 7.06. The highest BCUT2D eigenvalue weighted by molar-refractivity contribution is 7.27. The average molecular weight is 1050 g/mol. The van der Waals surface area contributed by atoms with Gasteiger partial charge in [0.05, 0.1) is 0 Å². The van der Waals surface area contributed by atoms with Crippen molar-refractivity contribution in [3.05, 3.63) is 279 Å². The zero-order chi connectivity index (χ0) is 52.4. The smallest absolute Gasteiger partial charge is 0.0433 e. The van der Waals surface area contributed by atoms with Crippen molar-refractivity contribution in [1.29, 1.82) is 0 Å². The normalized spacial score (nSPS) is 12.0. The van der Waals surface area contributed by atoms with Crippen molar-refractivity contribution < 1.29 is 0 Å². The summed E-state index contributed by atoms with van der Waals surface area (Å²) in [4.78, 5) is 0. The number of benzene rings is 15. The first-order valence-corrected chi connectivity index (χ1v) is 29.2. The first-order valence-electron chi connectivity index (χ1n) is 27.5. The van der Waals surface area contributed by atoms with E-state index in [9.17, 15) is 0 Å². The highest BCUT2D eigenvalue weighted by Gasteiger charge is 2.20. The fourth-order valence-corrected chi connectivity index (χ4v) is 15.7. The van der Waals surface area contributed by atoms with Gasteiger partial charge in [0.15, 0.2) is 0 Å². The van der Waals surface area contributed by atoms with Crippen LogP contribution in [-0.4, -0.2) is 0 Å². The lowest BCUT2D eigenvalue weighted by atomic mass is 9.85. The molecular formula is C78H46S2. The van der Waals surface area contributed by atoms with E-state index in [0.717, 1.165) is 0 Å². The second-order valence-corrected chi connectivity index (χ2v) is 23.5. The Morgan fingerprint density at radius 2 is 0.588 bits per heavy atom. The average Bonchev–Trinajstić information content (AvgIpc) is 4.16. The summed E-state index contributed by atoms with van der Waals surface area (Å²) in [5.74, 6) is 0. The van der Waals surface area contributed by atoms with Crippen molar-refractivity contribution in [2.45, 2.75) is 0 Å². The molecule has 0 fully saturated rings. The maximum atomic E-state index is 2.43. The number of fused-ring (bicyclic) bond motifs is 13. The molecule has 0 N–H and O–H groups in total. The van der Waals surface area contributed by atoms with Gasteiger partial charge in [-0.3, -0.25) is 0 Å². The fourth-order valence-electron chi connectivity index (χ4n) is 13.3. The zero-order valence-electron chi connectivity index (χ0n) is 43.4. The van der Waals surface area contributed by atoms with Crippen LogP contribution in [0.15, 0.2) is 279 Å². The van der Waals surface area contributed by atoms with Crippen molar-refractivity contribution in [3.63, 3.8) is 0 Å². The predicted octanol–water partition coefficient (Wildman–Crippen LogP) is 23.3. The number of thiophene rings is 2. The van der Waals surface area contributed by atoms with E-state index in [2.05, 4.69) is 279 Å². The summed E-state index contributed by atoms with van der Waals surface area (Å²) in [6, 6.07) is 104. The maximum absolute atomic E-state index is 2.43. The van der Waals surface area contributed by atoms with E-state index in [0.29, 0.717) is 0 Å². The van der Waals surface area contributed by atoms with Crippen LogP contribution in [0.25, 0.3) is 172 Å². The van der Waals surface area contributed by atoms with E-state index in [1.54, 1.807) is 0 Å². The molecule has 0 saturated heterocycles. The lowest BCUT2D eigenvalue weighted by Gasteiger charge is -2.18. The quantitative estimate of drug-likeness (QED) is 0.146. The highest BCUT2D eigenvalue weighted by atomic mass is 32.1. The molecule has 0 radical (unpaired) electrons. The highest BCUT2D eigenvalue weighted by Crippen LogP contribution is 2.48. The van der Waals surface area contributed by atoms with Crippen molar-refractivity contribution in [3.8, 4) is 66.8 Å². The number of hydrogen-bond donors (Lipinski definition) is 0. The minimum absolute atomic E-state index is 1.21. The molecule has 2 heterocycles. The van der Waals surface area contributed by atoms with E-state index < -0.39 is 0 Å². The molecule has 0 saturated carbocycles. The van der Waals surface area contributed by atoms with Crippen LogP contribution < -0.4 is 0 Å². The largest absolute Gasteiger partial charge is 0.135 e. The molecule has 17 rings (SSSR count). The number of hydrogen-bond acceptors (Lipinski definition) is 2. The van der Waals surface area contributed by atoms with Crippen molar-refractivity contribution in [1.82, 2.24) is 0 Å². The van der Waals surface area contributed by atoms with Gasteiger partial charge in [-0.05, 0) is 174 Å². The van der Waals surface area contributed by atoms with E-state index in [-0.39, 0.29) is 0 Å². The van der Waals surface area contributed by atoms with Crippen LogP contribution in [0, 0.1) is 0 Å². The summed E-state index contributed by atoms with van der Waals surface area (Å²) < 4.78 is 5.30. The molecule has 0 atom stereocenters. The second kappa shape index (κ2) is 17.9. The Hall–Kier alpha value is -9.70. The Balaban J connectivity index is 0.729. The molecule has 0 aliphatic carbocycles. The monoisotopic (exact) mass is 1050 g/mol. The molecule has 17 aromatic rings. The van der Waals surface area contributed by atoms with Crippen LogP contribution in [0.1, 0.15) is 0 Å². The molecule has 0 unspecified atom stereocenters. The number of rotatable bonds is 6.